The summed E-state index contributed by atoms with van der Waals surface area (Å²) in [7, 11) is 8.59. The number of aromatic nitrogens is 4. The molecule has 1 unspecified atom stereocenters. The summed E-state index contributed by atoms with van der Waals surface area (Å²) in [5.41, 5.74) is 11.5. The Morgan fingerprint density at radius 3 is 1.48 bits per heavy atom. The summed E-state index contributed by atoms with van der Waals surface area (Å²) in [5, 5.41) is 42.6. The van der Waals surface area contributed by atoms with Crippen molar-refractivity contribution in [2.24, 2.45) is 5.34 Å². The number of nitrogens with one attached hydrogen (secondary N) is 1. The average Bonchev–Trinajstić information content (AvgIpc) is 1.73. The normalized spacial score (nSPS) is 14.1. The monoisotopic (exact) mass is 2250 g/mol. The van der Waals surface area contributed by atoms with Crippen molar-refractivity contribution in [2.75, 3.05) is 77.3 Å². The van der Waals surface area contributed by atoms with Crippen molar-refractivity contribution in [3.63, 3.8) is 0 Å². The molecule has 0 amide bonds. The molecule has 4 aromatic heterocycles. The molecule has 5 aliphatic heterocycles. The summed E-state index contributed by atoms with van der Waals surface area (Å²) in [4.78, 5) is 48.7. The van der Waals surface area contributed by atoms with Crippen LogP contribution in [0.5, 0.6) is 74.7 Å². The van der Waals surface area contributed by atoms with E-state index in [9.17, 15) is 20.2 Å². The maximum Gasteiger partial charge on any atom is 1.00 e. The molecule has 19 rings (SSSR count). The predicted molar refractivity (Wildman–Crippen MR) is 569 cm³/mol. The minimum Gasteiger partial charge on any atom is -0.635 e. The van der Waals surface area contributed by atoms with Gasteiger partial charge in [-0.05, 0) is 204 Å². The maximum absolute atomic E-state index is 11.4. The Kier molecular flexibility index (Phi) is 44.9. The van der Waals surface area contributed by atoms with Crippen LogP contribution in [-0.4, -0.2) is 168 Å². The van der Waals surface area contributed by atoms with Crippen LogP contribution in [0.4, 0.5) is 11.4 Å². The van der Waals surface area contributed by atoms with Gasteiger partial charge in [0.05, 0.1) is 104 Å². The van der Waals surface area contributed by atoms with E-state index in [-0.39, 0.29) is 109 Å². The number of halogens is 3. The van der Waals surface area contributed by atoms with E-state index in [1.165, 1.54) is 56.1 Å². The molecule has 2 saturated heterocycles. The number of non-ortho nitro benzene ring substituents is 2. The van der Waals surface area contributed by atoms with Crippen molar-refractivity contribution in [1.82, 2.24) is 25.3 Å². The Morgan fingerprint density at radius 2 is 0.946 bits per heavy atom. The molecule has 36 nitrogen and oxygen atoms in total. The quantitative estimate of drug-likeness (QED) is 0.0137. The molecule has 2 fully saturated rings. The zero-order chi connectivity index (χ0) is 106. The van der Waals surface area contributed by atoms with Gasteiger partial charge in [-0.1, -0.05) is 109 Å². The molecule has 5 aliphatic rings. The van der Waals surface area contributed by atoms with E-state index in [1.54, 1.807) is 119 Å². The van der Waals surface area contributed by atoms with Gasteiger partial charge < -0.3 is 95.7 Å². The number of hydrogen-bond donors (Lipinski definition) is 3. The van der Waals surface area contributed by atoms with E-state index in [4.69, 9.17) is 108 Å². The van der Waals surface area contributed by atoms with Gasteiger partial charge in [0.25, 0.3) is 11.4 Å². The van der Waals surface area contributed by atoms with Gasteiger partial charge in [-0.15, -0.1) is 21.9 Å². The summed E-state index contributed by atoms with van der Waals surface area (Å²) < 4.78 is 128. The van der Waals surface area contributed by atoms with E-state index >= 15 is 0 Å². The zero-order valence-electron chi connectivity index (χ0n) is 85.8. The third-order valence-electron chi connectivity index (χ3n) is 24.4. The number of aryl methyl sites for hydroxylation is 2. The second kappa shape index (κ2) is 54.7. The van der Waals surface area contributed by atoms with Crippen molar-refractivity contribution in [2.45, 2.75) is 138 Å². The second-order valence-corrected chi connectivity index (χ2v) is 37.4. The van der Waals surface area contributed by atoms with Crippen LogP contribution < -0.4 is 120 Å². The number of hydrogen-bond acceptors (Lipinski definition) is 32. The number of benzene rings is 10. The van der Waals surface area contributed by atoms with E-state index in [0.29, 0.717) is 72.7 Å². The second-order valence-electron chi connectivity index (χ2n) is 34.7. The van der Waals surface area contributed by atoms with Crippen LogP contribution in [0, 0.1) is 52.8 Å². The molecule has 14 aromatic rings. The number of methoxy groups -OCH3 is 9. The van der Waals surface area contributed by atoms with Gasteiger partial charge >= 0.3 is 76.2 Å². The first-order chi connectivity index (χ1) is 69.0. The van der Waals surface area contributed by atoms with Crippen LogP contribution >= 0.6 is 48.8 Å². The van der Waals surface area contributed by atoms with Crippen molar-refractivity contribution in [3.8, 4) is 97.0 Å². The third kappa shape index (κ3) is 29.6. The number of nitro groups is 2. The Labute approximate surface area is 923 Å². The molecule has 147 heavy (non-hydrogen) atoms. The number of pyridine rings is 4. The number of ether oxygens (including phenoxy) is 12. The number of rotatable bonds is 18. The standard InChI is InChI=1S/C18H16N2O4.C17H13NO3.C17H17NO.C16H25BO6.C9H19BO3.C9H5BrN2O2.C9H6BrN.C9H12O2.BrH.K.HNO3.H2O4S/c1-11-13(7-8-16(23-2)18(11)24-3)14-10-19-9-12-5-4-6-15(17(12)14)20(21)22;1-19-14-7-6-11-12-9-18-8-10-4-3-5-13(15(10)12)21-16(11)17(14)20-2;1-10-6-7-13-14-9-18-8-12-4-3-5-15(16(12)14)19-17(13)11(10)2;1-15(2)16(3,4)23-17(22-15)11-8-9-12(19-6)14(20-7)13(11)21-10-18-5;1-7(2)11-10-12-8(3,4)9(5,6)13-10;10-7-5-11-4-6-2-1-3-8(9(6)7)12(13)14;10-9-6-11-5-7-3-1-2-4-8(7)9;1-7-5-4-6-8(10-2)9(7)11-3;;;2-1-4-3;1-5(2,3)4/h4-10H,1-3H3;3-9H,1-2H3;3-7,14,18H,8-9H2,1-2H3;8-9H,10H2,1-7H3;7H,1-6H3;1-5H;1-6H;4-6H,1-3H3;1H;;3H;(H2,1,2,3,4)/q;;;;;;;;;+1;;/p-1. The van der Waals surface area contributed by atoms with Crippen LogP contribution in [0.2, 0.25) is 0 Å². The molecule has 774 valence electrons. The topological polar surface area (TPSA) is 443 Å². The average molecular weight is 2260 g/mol. The van der Waals surface area contributed by atoms with Crippen molar-refractivity contribution < 1.29 is 169 Å². The number of para-hydroxylation sites is 1. The molecule has 43 heteroatoms. The molecule has 10 aromatic carbocycles. The first-order valence-corrected chi connectivity index (χ1v) is 48.0. The molecule has 1 atom stereocenters. The fraction of sp³-hybridized carbons (Fsp3) is 0.308. The van der Waals surface area contributed by atoms with E-state index in [1.807, 2.05) is 193 Å². The zero-order valence-corrected chi connectivity index (χ0v) is 94.7. The Bertz CT molecular complexity index is 6990. The van der Waals surface area contributed by atoms with Gasteiger partial charge in [0.2, 0.25) is 11.5 Å². The molecule has 9 heterocycles. The van der Waals surface area contributed by atoms with Crippen LogP contribution in [0.3, 0.4) is 0 Å². The Balaban J connectivity index is 0.000000205. The van der Waals surface area contributed by atoms with Crippen LogP contribution in [0.25, 0.3) is 65.3 Å². The van der Waals surface area contributed by atoms with Crippen LogP contribution in [0.15, 0.2) is 228 Å². The summed E-state index contributed by atoms with van der Waals surface area (Å²) in [5.74, 6) is 9.63. The van der Waals surface area contributed by atoms with Crippen molar-refractivity contribution in [3.05, 3.63) is 286 Å². The fourth-order valence-electron chi connectivity index (χ4n) is 15.9. The molecule has 0 spiro atoms. The summed E-state index contributed by atoms with van der Waals surface area (Å²) in [6, 6.07) is 51.8. The molecule has 3 N–H and O–H groups in total. The fourth-order valence-corrected chi connectivity index (χ4v) is 16.9. The number of nitrogens with zero attached hydrogens (tertiary/aromatic N) is 7. The minimum absolute atomic E-state index is 0. The van der Waals surface area contributed by atoms with E-state index in [0.717, 1.165) is 101 Å². The van der Waals surface area contributed by atoms with Gasteiger partial charge in [0, 0.05) is 164 Å². The van der Waals surface area contributed by atoms with Crippen molar-refractivity contribution in [1.29, 1.82) is 0 Å². The molecule has 0 bridgehead atoms. The summed E-state index contributed by atoms with van der Waals surface area (Å²) in [6.45, 7) is 30.2. The largest absolute Gasteiger partial charge is 1.00 e. The van der Waals surface area contributed by atoms with E-state index < -0.39 is 41.0 Å². The summed E-state index contributed by atoms with van der Waals surface area (Å²) >= 11 is 6.68. The molecular formula is C104H116B2Br3KN8O28S. The molecule has 0 radical (unpaired) electrons. The van der Waals surface area contributed by atoms with Crippen LogP contribution in [-0.2, 0) is 49.9 Å². The molecular weight excluding hydrogens is 2140 g/mol. The number of fused-ring (bicyclic) bond motifs is 7. The van der Waals surface area contributed by atoms with Gasteiger partial charge in [-0.2, -0.15) is 8.42 Å². The maximum atomic E-state index is 11.4. The summed E-state index contributed by atoms with van der Waals surface area (Å²) in [6.07, 6.45) is 13.9. The van der Waals surface area contributed by atoms with E-state index in [2.05, 4.69) is 112 Å². The SMILES string of the molecule is Br.Brc1cncc2ccccc12.CC(C)OB1OC(C)(C)C(C)(C)O1.COCOc1c(B2OC(C)(C)C(C)(C)O2)ccc(OC)c1OC.COc1ccc(-c2cncc3cccc([N+](=O)[O-])c23)c(C)c1OC.COc1ccc2c(c1OC)Oc1cccc3cncc-2c13.COc1cccc(C)c1OC.Cc1ccc2c(c1C)Oc1cccc3c1C2CNC3.O=NO[O-].O=S(=O)(O)O.O=[N+]([O-])c1cccc2cncc(Br)c12.[K+]. The predicted octanol–water partition coefficient (Wildman–Crippen LogP) is 19.6. The number of nitro benzene ring substituents is 2. The Morgan fingerprint density at radius 1 is 0.490 bits per heavy atom. The minimum atomic E-state index is -4.67. The first kappa shape index (κ1) is 121. The van der Waals surface area contributed by atoms with Gasteiger partial charge in [-0.25, -0.2) is 0 Å². The molecule has 0 saturated carbocycles. The molecule has 0 aliphatic carbocycles. The van der Waals surface area contributed by atoms with Gasteiger partial charge in [0.1, 0.15) is 22.6 Å². The third-order valence-corrected chi connectivity index (χ3v) is 25.6. The Hall–Kier alpha value is -11.4. The smallest absolute Gasteiger partial charge is 0.635 e. The van der Waals surface area contributed by atoms with Gasteiger partial charge in [-0.3, -0.25) is 49.3 Å². The van der Waals surface area contributed by atoms with Crippen molar-refractivity contribution >= 4 is 134 Å². The van der Waals surface area contributed by atoms with Crippen LogP contribution in [0.1, 0.15) is 114 Å². The van der Waals surface area contributed by atoms with Gasteiger partial charge in [0.15, 0.2) is 52.8 Å². The first-order valence-electron chi connectivity index (χ1n) is 45.0.